The number of nitrogens with two attached hydrogens (primary N) is 3. The third-order valence-corrected chi connectivity index (χ3v) is 3.24. The molecule has 0 fully saturated rings. The Morgan fingerprint density at radius 2 is 1.68 bits per heavy atom. The van der Waals surface area contributed by atoms with Gasteiger partial charge < -0.3 is 27.8 Å². The van der Waals surface area contributed by atoms with E-state index >= 15 is 0 Å². The number of carbonyl (C=O) groups excluding carboxylic acids is 3. The molecule has 0 saturated heterocycles. The summed E-state index contributed by atoms with van der Waals surface area (Å²) in [6, 6.07) is -1.75. The first kappa shape index (κ1) is 20.4. The fraction of sp³-hybridized carbons (Fsp3) is 0.636. The molecule has 0 aromatic rings. The Labute approximate surface area is 139 Å². The zero-order valence-corrected chi connectivity index (χ0v) is 13.8. The average Bonchev–Trinajstić information content (AvgIpc) is 2.46. The largest absolute Gasteiger partial charge is 0.370 e. The van der Waals surface area contributed by atoms with Crippen molar-refractivity contribution in [2.45, 2.75) is 24.9 Å². The number of thiol groups is 2. The lowest BCUT2D eigenvalue weighted by Crippen LogP contribution is -2.53. The number of rotatable bonds is 10. The highest BCUT2D eigenvalue weighted by atomic mass is 32.1. The van der Waals surface area contributed by atoms with Gasteiger partial charge in [0.05, 0.1) is 5.75 Å². The van der Waals surface area contributed by atoms with Crippen molar-refractivity contribution >= 4 is 48.9 Å². The first-order valence-electron chi connectivity index (χ1n) is 6.48. The molecule has 126 valence electrons. The fourth-order valence-corrected chi connectivity index (χ4v) is 1.84. The molecule has 0 aliphatic rings. The van der Waals surface area contributed by atoms with Gasteiger partial charge in [-0.1, -0.05) is 0 Å². The van der Waals surface area contributed by atoms with Gasteiger partial charge in [-0.15, -0.1) is 0 Å². The van der Waals surface area contributed by atoms with E-state index < -0.39 is 29.8 Å². The van der Waals surface area contributed by atoms with Crippen molar-refractivity contribution in [1.82, 2.24) is 10.6 Å². The summed E-state index contributed by atoms with van der Waals surface area (Å²) in [5, 5.41) is 4.90. The number of guanidine groups is 1. The highest BCUT2D eigenvalue weighted by molar-refractivity contribution is 7.81. The summed E-state index contributed by atoms with van der Waals surface area (Å²) in [5.74, 6) is -1.68. The summed E-state index contributed by atoms with van der Waals surface area (Å²) in [6.07, 6.45) is 0.734. The maximum Gasteiger partial charge on any atom is 0.244 e. The van der Waals surface area contributed by atoms with Gasteiger partial charge in [0.25, 0.3) is 0 Å². The summed E-state index contributed by atoms with van der Waals surface area (Å²) in [6.45, 7) is 0.314. The van der Waals surface area contributed by atoms with Crippen LogP contribution in [0.4, 0.5) is 0 Å². The van der Waals surface area contributed by atoms with E-state index in [1.54, 1.807) is 0 Å². The van der Waals surface area contributed by atoms with Gasteiger partial charge in [-0.2, -0.15) is 25.3 Å². The normalized spacial score (nSPS) is 12.8. The van der Waals surface area contributed by atoms with E-state index in [1.165, 1.54) is 0 Å². The molecular formula is C11H22N6O3S2. The SMILES string of the molecule is NC(=O)[C@H](CCCN=C(N)N)NC(=O)[C@H](CS)NC(=O)CS. The van der Waals surface area contributed by atoms with Crippen LogP contribution >= 0.6 is 25.3 Å². The molecule has 3 amide bonds. The van der Waals surface area contributed by atoms with Gasteiger partial charge >= 0.3 is 0 Å². The lowest BCUT2D eigenvalue weighted by atomic mass is 10.1. The molecule has 8 N–H and O–H groups in total. The van der Waals surface area contributed by atoms with Crippen LogP contribution in [0.15, 0.2) is 4.99 Å². The Bertz CT molecular complexity index is 428. The Kier molecular flexibility index (Phi) is 10.2. The smallest absolute Gasteiger partial charge is 0.244 e. The third-order valence-electron chi connectivity index (χ3n) is 2.58. The number of hydrogen-bond donors (Lipinski definition) is 7. The average molecular weight is 350 g/mol. The summed E-state index contributed by atoms with van der Waals surface area (Å²) in [7, 11) is 0. The maximum absolute atomic E-state index is 12.0. The number of nitrogens with one attached hydrogen (secondary N) is 2. The topological polar surface area (TPSA) is 166 Å². The molecule has 0 aromatic carbocycles. The van der Waals surface area contributed by atoms with Crippen LogP contribution in [-0.2, 0) is 14.4 Å². The zero-order chi connectivity index (χ0) is 17.1. The minimum absolute atomic E-state index is 0.0516. The number of nitrogens with zero attached hydrogens (tertiary/aromatic N) is 1. The van der Waals surface area contributed by atoms with E-state index in [4.69, 9.17) is 17.2 Å². The summed E-state index contributed by atoms with van der Waals surface area (Å²) in [5.41, 5.74) is 15.6. The Hall–Kier alpha value is -1.62. The minimum Gasteiger partial charge on any atom is -0.370 e. The van der Waals surface area contributed by atoms with Crippen LogP contribution in [0, 0.1) is 0 Å². The predicted molar refractivity (Wildman–Crippen MR) is 90.7 cm³/mol. The lowest BCUT2D eigenvalue weighted by molar-refractivity contribution is -0.130. The van der Waals surface area contributed by atoms with E-state index in [9.17, 15) is 14.4 Å². The van der Waals surface area contributed by atoms with E-state index in [0.717, 1.165) is 0 Å². The van der Waals surface area contributed by atoms with Gasteiger partial charge in [0.1, 0.15) is 12.1 Å². The Morgan fingerprint density at radius 1 is 1.05 bits per heavy atom. The van der Waals surface area contributed by atoms with Gasteiger partial charge in [0.15, 0.2) is 5.96 Å². The second-order valence-electron chi connectivity index (χ2n) is 4.37. The van der Waals surface area contributed by atoms with Crippen molar-refractivity contribution in [3.8, 4) is 0 Å². The molecule has 0 aliphatic heterocycles. The Balaban J connectivity index is 4.52. The number of primary amides is 1. The molecule has 0 heterocycles. The highest BCUT2D eigenvalue weighted by Crippen LogP contribution is 1.99. The van der Waals surface area contributed by atoms with Crippen LogP contribution in [0.1, 0.15) is 12.8 Å². The van der Waals surface area contributed by atoms with E-state index in [2.05, 4.69) is 40.9 Å². The van der Waals surface area contributed by atoms with Gasteiger partial charge in [-0.25, -0.2) is 0 Å². The van der Waals surface area contributed by atoms with E-state index in [1.807, 2.05) is 0 Å². The van der Waals surface area contributed by atoms with Gasteiger partial charge in [-0.3, -0.25) is 19.4 Å². The molecule has 0 bridgehead atoms. The lowest BCUT2D eigenvalue weighted by Gasteiger charge is -2.20. The quantitative estimate of drug-likeness (QED) is 0.0988. The summed E-state index contributed by atoms with van der Waals surface area (Å²) < 4.78 is 0. The van der Waals surface area contributed by atoms with Crippen molar-refractivity contribution in [1.29, 1.82) is 0 Å². The van der Waals surface area contributed by atoms with Gasteiger partial charge in [0.2, 0.25) is 17.7 Å². The standard InChI is InChI=1S/C11H22N6O3S2/c12-9(19)6(2-1-3-15-11(13)14)17-10(20)7(4-21)16-8(18)5-22/h6-7,21-22H,1-5H2,(H2,12,19)(H,16,18)(H,17,20)(H4,13,14,15)/t6-,7-/m0/s1. The predicted octanol–water partition coefficient (Wildman–Crippen LogP) is -2.65. The van der Waals surface area contributed by atoms with Crippen LogP contribution in [0.25, 0.3) is 0 Å². The number of hydrogen-bond acceptors (Lipinski definition) is 6. The van der Waals surface area contributed by atoms with Crippen molar-refractivity contribution in [2.75, 3.05) is 18.1 Å². The molecule has 0 spiro atoms. The van der Waals surface area contributed by atoms with Gasteiger partial charge in [0, 0.05) is 12.3 Å². The molecular weight excluding hydrogens is 328 g/mol. The van der Waals surface area contributed by atoms with Crippen LogP contribution in [-0.4, -0.2) is 53.8 Å². The van der Waals surface area contributed by atoms with Crippen LogP contribution in [0.3, 0.4) is 0 Å². The first-order valence-corrected chi connectivity index (χ1v) is 7.74. The number of aliphatic imine (C=N–C) groups is 1. The van der Waals surface area contributed by atoms with Crippen molar-refractivity contribution in [3.63, 3.8) is 0 Å². The maximum atomic E-state index is 12.0. The molecule has 0 rings (SSSR count). The molecule has 0 aromatic heterocycles. The van der Waals surface area contributed by atoms with Crippen molar-refractivity contribution in [2.24, 2.45) is 22.2 Å². The minimum atomic E-state index is -0.878. The highest BCUT2D eigenvalue weighted by Gasteiger charge is 2.24. The van der Waals surface area contributed by atoms with Crippen molar-refractivity contribution < 1.29 is 14.4 Å². The molecule has 11 heteroatoms. The fourth-order valence-electron chi connectivity index (χ4n) is 1.50. The van der Waals surface area contributed by atoms with Crippen LogP contribution < -0.4 is 27.8 Å². The van der Waals surface area contributed by atoms with Crippen LogP contribution in [0.2, 0.25) is 0 Å². The molecule has 0 radical (unpaired) electrons. The molecule has 0 aliphatic carbocycles. The molecule has 9 nitrogen and oxygen atoms in total. The molecule has 0 unspecified atom stereocenters. The second-order valence-corrected chi connectivity index (χ2v) is 5.05. The number of carbonyl (C=O) groups is 3. The summed E-state index contributed by atoms with van der Waals surface area (Å²) >= 11 is 7.79. The molecule has 22 heavy (non-hydrogen) atoms. The van der Waals surface area contributed by atoms with Crippen molar-refractivity contribution in [3.05, 3.63) is 0 Å². The monoisotopic (exact) mass is 350 g/mol. The molecule has 2 atom stereocenters. The number of amides is 3. The third kappa shape index (κ3) is 8.62. The molecule has 0 saturated carbocycles. The van der Waals surface area contributed by atoms with Gasteiger partial charge in [-0.05, 0) is 12.8 Å². The second kappa shape index (κ2) is 11.0. The van der Waals surface area contributed by atoms with E-state index in [-0.39, 0.29) is 23.9 Å². The summed E-state index contributed by atoms with van der Waals surface area (Å²) in [4.78, 5) is 38.4. The zero-order valence-electron chi connectivity index (χ0n) is 12.0. The van der Waals surface area contributed by atoms with Crippen LogP contribution in [0.5, 0.6) is 0 Å². The van der Waals surface area contributed by atoms with E-state index in [0.29, 0.717) is 13.0 Å². The Morgan fingerprint density at radius 3 is 2.14 bits per heavy atom. The first-order chi connectivity index (χ1) is 10.3.